The first kappa shape index (κ1) is 9.53. The van der Waals surface area contributed by atoms with Gasteiger partial charge < -0.3 is 10.2 Å². The van der Waals surface area contributed by atoms with Gasteiger partial charge in [-0.3, -0.25) is 9.36 Å². The Hall–Kier alpha value is -0.470. The molecule has 0 aromatic rings. The topological polar surface area (TPSA) is 74.6 Å². The molecule has 0 radical (unpaired) electrons. The molecule has 0 aromatic carbocycles. The van der Waals surface area contributed by atoms with Gasteiger partial charge in [0.15, 0.2) is 13.6 Å². The van der Waals surface area contributed by atoms with Crippen molar-refractivity contribution in [2.45, 2.75) is 25.1 Å². The van der Waals surface area contributed by atoms with Crippen molar-refractivity contribution in [1.82, 2.24) is 0 Å². The maximum atomic E-state index is 10.3. The highest BCUT2D eigenvalue weighted by molar-refractivity contribution is 7.27. The molecule has 5 heteroatoms. The third kappa shape index (κ3) is 1.52. The zero-order valence-electron chi connectivity index (χ0n) is 5.74. The molecule has 4 nitrogen and oxygen atoms in total. The van der Waals surface area contributed by atoms with Gasteiger partial charge >= 0.3 is 5.97 Å². The first-order chi connectivity index (χ1) is 4.45. The second kappa shape index (κ2) is 3.08. The third-order valence-corrected chi connectivity index (χ3v) is 2.38. The van der Waals surface area contributed by atoms with Crippen LogP contribution in [-0.4, -0.2) is 27.4 Å². The van der Waals surface area contributed by atoms with Crippen molar-refractivity contribution < 1.29 is 19.6 Å². The van der Waals surface area contributed by atoms with E-state index in [1.807, 2.05) is 0 Å². The van der Waals surface area contributed by atoms with E-state index in [9.17, 15) is 9.36 Å². The normalized spacial score (nSPS) is 19.9. The second-order valence-corrected chi connectivity index (χ2v) is 3.33. The standard InChI is InChI=1S/C5H9O4P/c1-3(6)5(2,10-9)4(7)8/h3,6H,1-2H3,(H,7,8). The number of aliphatic carboxylic acids is 1. The molecule has 2 unspecified atom stereocenters. The maximum Gasteiger partial charge on any atom is 0.323 e. The predicted octanol–water partition coefficient (Wildman–Crippen LogP) is 0.502. The van der Waals surface area contributed by atoms with Crippen LogP contribution in [0.2, 0.25) is 0 Å². The predicted molar refractivity (Wildman–Crippen MR) is 35.3 cm³/mol. The van der Waals surface area contributed by atoms with Crippen LogP contribution in [-0.2, 0) is 9.36 Å². The number of carboxylic acids is 1. The molecule has 2 atom stereocenters. The van der Waals surface area contributed by atoms with Gasteiger partial charge in [0.2, 0.25) is 0 Å². The number of hydrogen-bond donors (Lipinski definition) is 2. The number of hydrogen-bond acceptors (Lipinski definition) is 3. The molecule has 0 aliphatic rings. The molecule has 0 saturated carbocycles. The first-order valence-corrected chi connectivity index (χ1v) is 3.52. The van der Waals surface area contributed by atoms with Crippen LogP contribution in [0.4, 0.5) is 0 Å². The molecule has 0 bridgehead atoms. The SMILES string of the molecule is CC(O)C(C)(P=O)C(=O)O. The number of carboxylic acid groups (broad SMARTS) is 1. The minimum atomic E-state index is -1.57. The summed E-state index contributed by atoms with van der Waals surface area (Å²) in [5.41, 5.74) is 0. The Morgan fingerprint density at radius 1 is 1.70 bits per heavy atom. The van der Waals surface area contributed by atoms with Crippen LogP contribution in [0.25, 0.3) is 0 Å². The summed E-state index contributed by atoms with van der Waals surface area (Å²) in [5.74, 6) is -1.26. The van der Waals surface area contributed by atoms with Gasteiger partial charge in [-0.2, -0.15) is 0 Å². The van der Waals surface area contributed by atoms with Gasteiger partial charge in [0, 0.05) is 0 Å². The molecule has 0 fully saturated rings. The van der Waals surface area contributed by atoms with Crippen molar-refractivity contribution in [3.05, 3.63) is 0 Å². The van der Waals surface area contributed by atoms with Gasteiger partial charge in [-0.1, -0.05) is 0 Å². The molecule has 2 N–H and O–H groups in total. The minimum Gasteiger partial charge on any atom is -0.480 e. The Labute approximate surface area is 60.1 Å². The molecular formula is C5H9O4P. The number of aliphatic hydroxyl groups excluding tert-OH is 1. The minimum absolute atomic E-state index is 0.574. The average Bonchev–Trinajstić information content (AvgIpc) is 1.85. The summed E-state index contributed by atoms with van der Waals surface area (Å²) in [6, 6.07) is 0. The summed E-state index contributed by atoms with van der Waals surface area (Å²) in [7, 11) is -0.574. The number of aliphatic hydroxyl groups is 1. The van der Waals surface area contributed by atoms with Crippen LogP contribution in [0.3, 0.4) is 0 Å². The van der Waals surface area contributed by atoms with Gasteiger partial charge in [0.05, 0.1) is 6.10 Å². The molecule has 0 aliphatic heterocycles. The van der Waals surface area contributed by atoms with Crippen LogP contribution < -0.4 is 0 Å². The average molecular weight is 164 g/mol. The van der Waals surface area contributed by atoms with E-state index >= 15 is 0 Å². The van der Waals surface area contributed by atoms with Gasteiger partial charge in [-0.25, -0.2) is 0 Å². The monoisotopic (exact) mass is 164 g/mol. The second-order valence-electron chi connectivity index (χ2n) is 2.22. The molecule has 0 aliphatic carbocycles. The van der Waals surface area contributed by atoms with Gasteiger partial charge in [0.1, 0.15) is 0 Å². The third-order valence-electron chi connectivity index (χ3n) is 1.44. The molecule has 0 saturated heterocycles. The van der Waals surface area contributed by atoms with Crippen molar-refractivity contribution in [2.75, 3.05) is 0 Å². The van der Waals surface area contributed by atoms with E-state index in [0.29, 0.717) is 0 Å². The summed E-state index contributed by atoms with van der Waals surface area (Å²) in [6.45, 7) is 2.51. The smallest absolute Gasteiger partial charge is 0.323 e. The highest BCUT2D eigenvalue weighted by Crippen LogP contribution is 2.26. The van der Waals surface area contributed by atoms with Crippen LogP contribution in [0.5, 0.6) is 0 Å². The summed E-state index contributed by atoms with van der Waals surface area (Å²) in [6.07, 6.45) is -1.12. The Morgan fingerprint density at radius 2 is 2.10 bits per heavy atom. The van der Waals surface area contributed by atoms with E-state index in [-0.39, 0.29) is 0 Å². The van der Waals surface area contributed by atoms with Crippen LogP contribution in [0, 0.1) is 0 Å². The molecule has 0 spiro atoms. The van der Waals surface area contributed by atoms with Gasteiger partial charge in [-0.15, -0.1) is 0 Å². The van der Waals surface area contributed by atoms with Crippen LogP contribution in [0.1, 0.15) is 13.8 Å². The van der Waals surface area contributed by atoms with E-state index in [1.54, 1.807) is 0 Å². The van der Waals surface area contributed by atoms with Crippen molar-refractivity contribution in [2.24, 2.45) is 0 Å². The lowest BCUT2D eigenvalue weighted by Crippen LogP contribution is -2.39. The molecule has 58 valence electrons. The maximum absolute atomic E-state index is 10.3. The van der Waals surface area contributed by atoms with Gasteiger partial charge in [-0.05, 0) is 13.8 Å². The molecule has 0 heterocycles. The molecule has 10 heavy (non-hydrogen) atoms. The van der Waals surface area contributed by atoms with E-state index in [1.165, 1.54) is 13.8 Å². The van der Waals surface area contributed by atoms with E-state index < -0.39 is 25.7 Å². The Balaban J connectivity index is 4.54. The summed E-state index contributed by atoms with van der Waals surface area (Å²) in [5, 5.41) is 15.7. The number of rotatable bonds is 3. The lowest BCUT2D eigenvalue weighted by atomic mass is 10.1. The van der Waals surface area contributed by atoms with Crippen LogP contribution in [0.15, 0.2) is 0 Å². The van der Waals surface area contributed by atoms with Crippen LogP contribution >= 0.6 is 8.46 Å². The zero-order chi connectivity index (χ0) is 8.36. The summed E-state index contributed by atoms with van der Waals surface area (Å²) in [4.78, 5) is 10.3. The lowest BCUT2D eigenvalue weighted by molar-refractivity contribution is -0.142. The fraction of sp³-hybridized carbons (Fsp3) is 0.800. The quantitative estimate of drug-likeness (QED) is 0.595. The van der Waals surface area contributed by atoms with Crippen molar-refractivity contribution in [1.29, 1.82) is 0 Å². The highest BCUT2D eigenvalue weighted by Gasteiger charge is 2.39. The Kier molecular flexibility index (Phi) is 2.94. The largest absolute Gasteiger partial charge is 0.480 e. The summed E-state index contributed by atoms with van der Waals surface area (Å²) >= 11 is 0. The molecule has 0 rings (SSSR count). The van der Waals surface area contributed by atoms with E-state index in [2.05, 4.69) is 0 Å². The van der Waals surface area contributed by atoms with Crippen molar-refractivity contribution >= 4 is 14.4 Å². The van der Waals surface area contributed by atoms with Crippen molar-refractivity contribution in [3.63, 3.8) is 0 Å². The zero-order valence-corrected chi connectivity index (χ0v) is 6.63. The summed E-state index contributed by atoms with van der Waals surface area (Å²) < 4.78 is 10.3. The molecular weight excluding hydrogens is 155 g/mol. The van der Waals surface area contributed by atoms with E-state index in [4.69, 9.17) is 10.2 Å². The first-order valence-electron chi connectivity index (χ1n) is 2.71. The number of carbonyl (C=O) groups is 1. The van der Waals surface area contributed by atoms with E-state index in [0.717, 1.165) is 0 Å². The lowest BCUT2D eigenvalue weighted by Gasteiger charge is -2.18. The molecule has 0 amide bonds. The fourth-order valence-electron chi connectivity index (χ4n) is 0.294. The fourth-order valence-corrected chi connectivity index (χ4v) is 0.525. The highest BCUT2D eigenvalue weighted by atomic mass is 31.1. The van der Waals surface area contributed by atoms with Gasteiger partial charge in [0.25, 0.3) is 0 Å². The van der Waals surface area contributed by atoms with Crippen molar-refractivity contribution in [3.8, 4) is 0 Å². The Morgan fingerprint density at radius 3 is 2.10 bits per heavy atom. The Bertz CT molecular complexity index is 156. The molecule has 0 aromatic heterocycles.